The lowest BCUT2D eigenvalue weighted by atomic mass is 10.2. The summed E-state index contributed by atoms with van der Waals surface area (Å²) in [5.41, 5.74) is 6.45. The fraction of sp³-hybridized carbons (Fsp3) is 0.333. The third kappa shape index (κ3) is 4.11. The quantitative estimate of drug-likeness (QED) is 0.676. The fourth-order valence-corrected chi connectivity index (χ4v) is 1.78. The first-order valence-electron chi connectivity index (χ1n) is 5.51. The highest BCUT2D eigenvalue weighted by Crippen LogP contribution is 2.25. The minimum absolute atomic E-state index is 0.0167. The van der Waals surface area contributed by atoms with Crippen molar-refractivity contribution >= 4 is 29.3 Å². The van der Waals surface area contributed by atoms with Gasteiger partial charge in [0.15, 0.2) is 0 Å². The summed E-state index contributed by atoms with van der Waals surface area (Å²) in [6.07, 6.45) is 0. The van der Waals surface area contributed by atoms with E-state index in [4.69, 9.17) is 22.1 Å². The maximum absolute atomic E-state index is 11.5. The van der Waals surface area contributed by atoms with Crippen molar-refractivity contribution in [2.24, 2.45) is 5.73 Å². The number of hydrogen-bond donors (Lipinski definition) is 1. The number of halogens is 1. The number of ether oxygens (including phenoxy) is 1. The van der Waals surface area contributed by atoms with E-state index in [9.17, 15) is 9.59 Å². The molecule has 2 N–H and O–H groups in total. The van der Waals surface area contributed by atoms with Crippen molar-refractivity contribution in [1.82, 2.24) is 5.01 Å². The summed E-state index contributed by atoms with van der Waals surface area (Å²) < 4.78 is 4.94. The van der Waals surface area contributed by atoms with E-state index in [1.165, 1.54) is 16.9 Å². The van der Waals surface area contributed by atoms with Gasteiger partial charge >= 0.3 is 12.0 Å². The van der Waals surface area contributed by atoms with Gasteiger partial charge in [-0.2, -0.15) is 0 Å². The molecule has 0 aliphatic carbocycles. The number of nitrogens with zero attached hydrogens (tertiary/aromatic N) is 2. The van der Waals surface area contributed by atoms with Crippen molar-refractivity contribution in [3.8, 4) is 0 Å². The fourth-order valence-electron chi connectivity index (χ4n) is 1.59. The molecule has 0 saturated heterocycles. The molecule has 0 saturated carbocycles. The maximum Gasteiger partial charge on any atom is 0.334 e. The van der Waals surface area contributed by atoms with Gasteiger partial charge in [0, 0.05) is 31.6 Å². The van der Waals surface area contributed by atoms with E-state index in [0.717, 1.165) is 0 Å². The Labute approximate surface area is 116 Å². The topological polar surface area (TPSA) is 75.9 Å². The summed E-state index contributed by atoms with van der Waals surface area (Å²) >= 11 is 5.91. The van der Waals surface area contributed by atoms with Gasteiger partial charge in [-0.3, -0.25) is 4.79 Å². The van der Waals surface area contributed by atoms with Gasteiger partial charge in [0.1, 0.15) is 6.61 Å². The summed E-state index contributed by atoms with van der Waals surface area (Å²) in [4.78, 5) is 22.4. The van der Waals surface area contributed by atoms with Crippen LogP contribution in [0.1, 0.15) is 12.5 Å². The van der Waals surface area contributed by atoms with Gasteiger partial charge in [-0.05, 0) is 18.2 Å². The molecule has 0 unspecified atom stereocenters. The second-order valence-electron chi connectivity index (χ2n) is 4.05. The highest BCUT2D eigenvalue weighted by atomic mass is 35.5. The van der Waals surface area contributed by atoms with E-state index >= 15 is 0 Å². The molecular weight excluding hydrogens is 270 g/mol. The minimum Gasteiger partial charge on any atom is -0.461 e. The smallest absolute Gasteiger partial charge is 0.334 e. The lowest BCUT2D eigenvalue weighted by Crippen LogP contribution is -2.45. The summed E-state index contributed by atoms with van der Waals surface area (Å²) in [5.74, 6) is -0.415. The van der Waals surface area contributed by atoms with Crippen LogP contribution in [-0.2, 0) is 16.1 Å². The van der Waals surface area contributed by atoms with E-state index in [1.54, 1.807) is 32.3 Å². The minimum atomic E-state index is -0.642. The number of anilines is 1. The molecule has 104 valence electrons. The molecule has 1 aromatic rings. The van der Waals surface area contributed by atoms with Crippen LogP contribution in [0.4, 0.5) is 10.5 Å². The van der Waals surface area contributed by atoms with E-state index in [2.05, 4.69) is 0 Å². The Kier molecular flexibility index (Phi) is 5.14. The van der Waals surface area contributed by atoms with Crippen LogP contribution in [0.5, 0.6) is 0 Å². The number of amides is 2. The number of hydrazine groups is 1. The summed E-state index contributed by atoms with van der Waals surface area (Å²) in [7, 11) is 3.35. The highest BCUT2D eigenvalue weighted by Gasteiger charge is 2.19. The molecule has 0 heterocycles. The highest BCUT2D eigenvalue weighted by molar-refractivity contribution is 6.30. The van der Waals surface area contributed by atoms with Gasteiger partial charge in [-0.1, -0.05) is 11.6 Å². The van der Waals surface area contributed by atoms with E-state index in [-0.39, 0.29) is 6.61 Å². The van der Waals surface area contributed by atoms with Crippen LogP contribution in [0.3, 0.4) is 0 Å². The van der Waals surface area contributed by atoms with Crippen LogP contribution in [0, 0.1) is 0 Å². The van der Waals surface area contributed by atoms with Gasteiger partial charge < -0.3 is 10.5 Å². The number of hydrogen-bond acceptors (Lipinski definition) is 4. The summed E-state index contributed by atoms with van der Waals surface area (Å²) in [6, 6.07) is 4.26. The molecular formula is C12H16ClN3O3. The molecule has 1 rings (SSSR count). The van der Waals surface area contributed by atoms with Crippen LogP contribution >= 0.6 is 11.6 Å². The Balaban J connectivity index is 3.17. The second-order valence-corrected chi connectivity index (χ2v) is 4.49. The lowest BCUT2D eigenvalue weighted by Gasteiger charge is -2.28. The first kappa shape index (κ1) is 15.3. The predicted molar refractivity (Wildman–Crippen MR) is 72.7 cm³/mol. The maximum atomic E-state index is 11.5. The lowest BCUT2D eigenvalue weighted by molar-refractivity contribution is -0.142. The molecule has 19 heavy (non-hydrogen) atoms. The molecule has 0 spiro atoms. The molecule has 0 aliphatic heterocycles. The molecule has 0 fully saturated rings. The monoisotopic (exact) mass is 285 g/mol. The van der Waals surface area contributed by atoms with Crippen molar-refractivity contribution in [3.05, 3.63) is 28.8 Å². The van der Waals surface area contributed by atoms with E-state index < -0.39 is 12.0 Å². The Morgan fingerprint density at radius 2 is 2.00 bits per heavy atom. The Hall–Kier alpha value is -1.79. The molecule has 6 nitrogen and oxygen atoms in total. The average Bonchev–Trinajstić information content (AvgIpc) is 2.28. The molecule has 0 atom stereocenters. The van der Waals surface area contributed by atoms with Crippen molar-refractivity contribution in [1.29, 1.82) is 0 Å². The molecule has 1 aromatic carbocycles. The van der Waals surface area contributed by atoms with Crippen molar-refractivity contribution in [2.45, 2.75) is 13.5 Å². The summed E-state index contributed by atoms with van der Waals surface area (Å²) in [6.45, 7) is 1.32. The molecule has 2 amide bonds. The standard InChI is InChI=1S/C12H16ClN3O3/c1-8(17)19-7-9-6-10(13)4-5-11(9)16(12(14)18)15(2)3/h4-6H,7H2,1-3H3,(H2,14,18). The van der Waals surface area contributed by atoms with Crippen LogP contribution in [0.15, 0.2) is 18.2 Å². The van der Waals surface area contributed by atoms with Gasteiger partial charge in [-0.15, -0.1) is 0 Å². The zero-order chi connectivity index (χ0) is 14.6. The van der Waals surface area contributed by atoms with Gasteiger partial charge in [0.2, 0.25) is 0 Å². The number of carbonyl (C=O) groups is 2. The SMILES string of the molecule is CC(=O)OCc1cc(Cl)ccc1N(C(N)=O)N(C)C. The third-order valence-corrected chi connectivity index (χ3v) is 2.54. The number of carbonyl (C=O) groups excluding carboxylic acids is 2. The number of esters is 1. The average molecular weight is 286 g/mol. The van der Waals surface area contributed by atoms with Crippen LogP contribution in [0.25, 0.3) is 0 Å². The first-order valence-corrected chi connectivity index (χ1v) is 5.89. The predicted octanol–water partition coefficient (Wildman–Crippen LogP) is 1.76. The molecule has 0 aromatic heterocycles. The Morgan fingerprint density at radius 1 is 1.37 bits per heavy atom. The molecule has 7 heteroatoms. The second kappa shape index (κ2) is 6.40. The number of nitrogens with two attached hydrogens (primary N) is 1. The van der Waals surface area contributed by atoms with Gasteiger partial charge in [0.25, 0.3) is 0 Å². The Morgan fingerprint density at radius 3 is 2.47 bits per heavy atom. The normalized spacial score (nSPS) is 10.4. The molecule has 0 aliphatic rings. The molecule has 0 bridgehead atoms. The first-order chi connectivity index (χ1) is 8.82. The van der Waals surface area contributed by atoms with Gasteiger partial charge in [-0.25, -0.2) is 14.8 Å². The van der Waals surface area contributed by atoms with Crippen molar-refractivity contribution in [2.75, 3.05) is 19.1 Å². The van der Waals surface area contributed by atoms with Crippen LogP contribution < -0.4 is 10.7 Å². The largest absolute Gasteiger partial charge is 0.461 e. The number of benzene rings is 1. The van der Waals surface area contributed by atoms with Crippen molar-refractivity contribution < 1.29 is 14.3 Å². The van der Waals surface area contributed by atoms with Gasteiger partial charge in [0.05, 0.1) is 5.69 Å². The number of rotatable bonds is 4. The number of urea groups is 1. The van der Waals surface area contributed by atoms with Crippen molar-refractivity contribution in [3.63, 3.8) is 0 Å². The van der Waals surface area contributed by atoms with E-state index in [0.29, 0.717) is 16.3 Å². The van der Waals surface area contributed by atoms with E-state index in [1.807, 2.05) is 0 Å². The Bertz CT molecular complexity index is 491. The zero-order valence-electron chi connectivity index (χ0n) is 11.0. The van der Waals surface area contributed by atoms with Crippen LogP contribution in [-0.4, -0.2) is 31.1 Å². The third-order valence-electron chi connectivity index (χ3n) is 2.31. The van der Waals surface area contributed by atoms with Crippen LogP contribution in [0.2, 0.25) is 5.02 Å². The number of primary amides is 1. The summed E-state index contributed by atoms with van der Waals surface area (Å²) in [5, 5.41) is 3.27. The zero-order valence-corrected chi connectivity index (χ0v) is 11.8. The molecule has 0 radical (unpaired) electrons.